The van der Waals surface area contributed by atoms with Gasteiger partial charge in [-0.1, -0.05) is 23.8 Å². The van der Waals surface area contributed by atoms with Gasteiger partial charge in [-0.3, -0.25) is 0 Å². The Morgan fingerprint density at radius 3 is 2.65 bits per heavy atom. The number of furan rings is 1. The highest BCUT2D eigenvalue weighted by atomic mass is 16.5. The molecule has 1 aromatic rings. The maximum atomic E-state index is 12.1. The Hall–Kier alpha value is -2.03. The number of carbonyl (C=O) groups excluding carboxylic acids is 1. The van der Waals surface area contributed by atoms with Crippen LogP contribution in [0.25, 0.3) is 0 Å². The molecule has 0 amide bonds. The minimum Gasteiger partial charge on any atom is -0.472 e. The summed E-state index contributed by atoms with van der Waals surface area (Å²) in [5, 5.41) is 0. The Kier molecular flexibility index (Phi) is 6.45. The second kappa shape index (κ2) is 8.56. The number of cyclic esters (lactones) is 1. The summed E-state index contributed by atoms with van der Waals surface area (Å²) in [4.78, 5) is 12.1. The van der Waals surface area contributed by atoms with E-state index in [0.717, 1.165) is 43.3 Å². The molecule has 23 heavy (non-hydrogen) atoms. The number of allylic oxidation sites excluding steroid dienone is 3. The van der Waals surface area contributed by atoms with E-state index in [4.69, 9.17) is 9.15 Å². The smallest absolute Gasteiger partial charge is 0.334 e. The quantitative estimate of drug-likeness (QED) is 0.516. The molecule has 0 radical (unpaired) electrons. The maximum absolute atomic E-state index is 12.1. The highest BCUT2D eigenvalue weighted by Crippen LogP contribution is 2.23. The van der Waals surface area contributed by atoms with E-state index in [9.17, 15) is 4.79 Å². The minimum absolute atomic E-state index is 0.112. The predicted molar refractivity (Wildman–Crippen MR) is 92.0 cm³/mol. The van der Waals surface area contributed by atoms with E-state index < -0.39 is 0 Å². The van der Waals surface area contributed by atoms with Gasteiger partial charge in [-0.25, -0.2) is 4.79 Å². The summed E-state index contributed by atoms with van der Waals surface area (Å²) in [6.07, 6.45) is 14.0. The van der Waals surface area contributed by atoms with E-state index in [2.05, 4.69) is 26.0 Å². The second-order valence-electron chi connectivity index (χ2n) is 6.30. The number of carbonyl (C=O) groups is 1. The van der Waals surface area contributed by atoms with E-state index in [-0.39, 0.29) is 12.1 Å². The summed E-state index contributed by atoms with van der Waals surface area (Å²) in [5.74, 6) is -0.161. The van der Waals surface area contributed by atoms with Gasteiger partial charge in [0, 0.05) is 12.0 Å². The fourth-order valence-corrected chi connectivity index (χ4v) is 2.62. The molecule has 0 spiro atoms. The first-order valence-corrected chi connectivity index (χ1v) is 8.27. The molecule has 124 valence electrons. The van der Waals surface area contributed by atoms with Crippen LogP contribution >= 0.6 is 0 Å². The van der Waals surface area contributed by atoms with Crippen LogP contribution in [0.5, 0.6) is 0 Å². The van der Waals surface area contributed by atoms with Gasteiger partial charge >= 0.3 is 5.97 Å². The molecule has 3 nitrogen and oxygen atoms in total. The highest BCUT2D eigenvalue weighted by molar-refractivity contribution is 5.89. The van der Waals surface area contributed by atoms with Crippen molar-refractivity contribution in [1.82, 2.24) is 0 Å². The van der Waals surface area contributed by atoms with Crippen LogP contribution in [0.15, 0.2) is 58.0 Å². The van der Waals surface area contributed by atoms with Gasteiger partial charge in [0.25, 0.3) is 0 Å². The van der Waals surface area contributed by atoms with Crippen molar-refractivity contribution >= 4 is 5.97 Å². The third-order valence-corrected chi connectivity index (χ3v) is 4.04. The number of rotatable bonds is 7. The van der Waals surface area contributed by atoms with Crippen molar-refractivity contribution in [3.8, 4) is 0 Å². The van der Waals surface area contributed by atoms with Crippen molar-refractivity contribution < 1.29 is 13.9 Å². The molecule has 1 aliphatic rings. The Balaban J connectivity index is 1.84. The molecule has 1 atom stereocenters. The fraction of sp³-hybridized carbons (Fsp3) is 0.450. The summed E-state index contributed by atoms with van der Waals surface area (Å²) in [6, 6.07) is 1.98. The van der Waals surface area contributed by atoms with Crippen molar-refractivity contribution in [1.29, 1.82) is 0 Å². The van der Waals surface area contributed by atoms with Gasteiger partial charge in [0.2, 0.25) is 0 Å². The molecule has 0 aromatic carbocycles. The summed E-state index contributed by atoms with van der Waals surface area (Å²) in [7, 11) is 0. The zero-order valence-corrected chi connectivity index (χ0v) is 14.3. The molecule has 2 rings (SSSR count). The average molecular weight is 314 g/mol. The van der Waals surface area contributed by atoms with Gasteiger partial charge < -0.3 is 9.15 Å². The lowest BCUT2D eigenvalue weighted by molar-refractivity contribution is -0.143. The third-order valence-electron chi connectivity index (χ3n) is 4.04. The number of ether oxygens (including phenoxy) is 1. The zero-order valence-electron chi connectivity index (χ0n) is 14.3. The van der Waals surface area contributed by atoms with Gasteiger partial charge in [-0.2, -0.15) is 0 Å². The van der Waals surface area contributed by atoms with E-state index >= 15 is 0 Å². The van der Waals surface area contributed by atoms with Crippen LogP contribution in [-0.2, 0) is 16.0 Å². The SMILES string of the molecule is CC(C)=CCCC1=CCC(C(C)=CCCc2ccoc2)OC1=O. The molecule has 1 unspecified atom stereocenters. The summed E-state index contributed by atoms with van der Waals surface area (Å²) in [5.41, 5.74) is 4.41. The molecule has 2 heterocycles. The molecule has 0 fully saturated rings. The molecule has 0 saturated heterocycles. The largest absolute Gasteiger partial charge is 0.472 e. The lowest BCUT2D eigenvalue weighted by Gasteiger charge is -2.23. The first kappa shape index (κ1) is 17.3. The van der Waals surface area contributed by atoms with E-state index in [1.54, 1.807) is 12.5 Å². The van der Waals surface area contributed by atoms with Crippen molar-refractivity contribution in [3.05, 3.63) is 59.1 Å². The van der Waals surface area contributed by atoms with Gasteiger partial charge in [-0.05, 0) is 63.7 Å². The molecular weight excluding hydrogens is 288 g/mol. The van der Waals surface area contributed by atoms with Crippen molar-refractivity contribution in [2.45, 2.75) is 59.0 Å². The Labute approximate surface area is 138 Å². The van der Waals surface area contributed by atoms with Crippen molar-refractivity contribution in [2.24, 2.45) is 0 Å². The minimum atomic E-state index is -0.161. The van der Waals surface area contributed by atoms with Crippen LogP contribution in [0.3, 0.4) is 0 Å². The highest BCUT2D eigenvalue weighted by Gasteiger charge is 2.23. The molecule has 0 bridgehead atoms. The normalized spacial score (nSPS) is 18.4. The number of hydrogen-bond donors (Lipinski definition) is 0. The summed E-state index contributed by atoms with van der Waals surface area (Å²) < 4.78 is 10.7. The molecule has 0 aliphatic carbocycles. The van der Waals surface area contributed by atoms with Gasteiger partial charge in [-0.15, -0.1) is 0 Å². The van der Waals surface area contributed by atoms with Crippen LogP contribution < -0.4 is 0 Å². The van der Waals surface area contributed by atoms with Crippen LogP contribution in [0.1, 0.15) is 52.0 Å². The lowest BCUT2D eigenvalue weighted by atomic mass is 9.99. The Morgan fingerprint density at radius 1 is 1.22 bits per heavy atom. The third kappa shape index (κ3) is 5.59. The molecule has 1 aliphatic heterocycles. The molecule has 0 saturated carbocycles. The summed E-state index contributed by atoms with van der Waals surface area (Å²) in [6.45, 7) is 6.18. The molecule has 1 aromatic heterocycles. The van der Waals surface area contributed by atoms with E-state index in [1.165, 1.54) is 11.1 Å². The average Bonchev–Trinajstić information content (AvgIpc) is 3.01. The predicted octanol–water partition coefficient (Wildman–Crippen LogP) is 5.15. The standard InChI is InChI=1S/C20H26O3/c1-15(2)6-4-9-18-10-11-19(23-20(18)21)16(3)7-5-8-17-12-13-22-14-17/h6-7,10,12-14,19H,4-5,8-9,11H2,1-3H3. The monoisotopic (exact) mass is 314 g/mol. The van der Waals surface area contributed by atoms with Crippen LogP contribution in [-0.4, -0.2) is 12.1 Å². The maximum Gasteiger partial charge on any atom is 0.334 e. The van der Waals surface area contributed by atoms with Crippen LogP contribution in [0.4, 0.5) is 0 Å². The number of hydrogen-bond acceptors (Lipinski definition) is 3. The van der Waals surface area contributed by atoms with Crippen molar-refractivity contribution in [2.75, 3.05) is 0 Å². The van der Waals surface area contributed by atoms with Crippen LogP contribution in [0, 0.1) is 0 Å². The molecule has 0 N–H and O–H groups in total. The fourth-order valence-electron chi connectivity index (χ4n) is 2.62. The van der Waals surface area contributed by atoms with Crippen LogP contribution in [0.2, 0.25) is 0 Å². The molecular formula is C20H26O3. The summed E-state index contributed by atoms with van der Waals surface area (Å²) >= 11 is 0. The first-order valence-electron chi connectivity index (χ1n) is 8.27. The molecule has 3 heteroatoms. The topological polar surface area (TPSA) is 39.4 Å². The second-order valence-corrected chi connectivity index (χ2v) is 6.30. The zero-order chi connectivity index (χ0) is 16.7. The van der Waals surface area contributed by atoms with E-state index in [0.29, 0.717) is 0 Å². The van der Waals surface area contributed by atoms with Gasteiger partial charge in [0.15, 0.2) is 0 Å². The van der Waals surface area contributed by atoms with E-state index in [1.807, 2.05) is 19.1 Å². The number of esters is 1. The van der Waals surface area contributed by atoms with Crippen molar-refractivity contribution in [3.63, 3.8) is 0 Å². The lowest BCUT2D eigenvalue weighted by Crippen LogP contribution is -2.24. The first-order chi connectivity index (χ1) is 11.1. The Morgan fingerprint density at radius 2 is 2.00 bits per heavy atom. The van der Waals surface area contributed by atoms with Gasteiger partial charge in [0.1, 0.15) is 6.10 Å². The Bertz CT molecular complexity index is 599. The van der Waals surface area contributed by atoms with Gasteiger partial charge in [0.05, 0.1) is 12.5 Å². The number of aryl methyl sites for hydroxylation is 1.